The van der Waals surface area contributed by atoms with Gasteiger partial charge in [-0.15, -0.1) is 0 Å². The minimum Gasteiger partial charge on any atom is -0.409 e. The van der Waals surface area contributed by atoms with Crippen molar-refractivity contribution < 1.29 is 10.0 Å². The van der Waals surface area contributed by atoms with Gasteiger partial charge in [0.15, 0.2) is 5.84 Å². The summed E-state index contributed by atoms with van der Waals surface area (Å²) >= 11 is 3.11. The molecule has 1 amide bonds. The van der Waals surface area contributed by atoms with Crippen molar-refractivity contribution in [1.82, 2.24) is 4.90 Å². The molecule has 0 spiro atoms. The minimum absolute atomic E-state index is 0.0652. The largest absolute Gasteiger partial charge is 0.409 e. The Morgan fingerprint density at radius 1 is 1.58 bits per heavy atom. The van der Waals surface area contributed by atoms with Crippen LogP contribution in [0.4, 0.5) is 0 Å². The summed E-state index contributed by atoms with van der Waals surface area (Å²) < 4.78 is -0.347. The lowest BCUT2D eigenvalue weighted by atomic mass is 9.94. The van der Waals surface area contributed by atoms with Gasteiger partial charge >= 0.3 is 0 Å². The molecule has 7 heteroatoms. The molecule has 1 aromatic heterocycles. The standard InChI is InChI=1S/C12H17N3O2S2/c1-18-12(11(13)14-17)3-5-15(6-4-12)10(16)9-2-7-19-8-9/h2,7-8,17H,3-6H2,1H3,(H2,13,14). The number of carbonyl (C=O) groups is 1. The van der Waals surface area contributed by atoms with E-state index in [-0.39, 0.29) is 16.5 Å². The predicted octanol–water partition coefficient (Wildman–Crippen LogP) is 1.83. The average molecular weight is 299 g/mol. The summed E-state index contributed by atoms with van der Waals surface area (Å²) in [6.07, 6.45) is 3.37. The van der Waals surface area contributed by atoms with E-state index in [0.29, 0.717) is 25.9 Å². The van der Waals surface area contributed by atoms with E-state index in [1.807, 2.05) is 28.0 Å². The maximum atomic E-state index is 12.2. The molecule has 2 heterocycles. The van der Waals surface area contributed by atoms with Crippen LogP contribution in [0.1, 0.15) is 23.2 Å². The molecule has 3 N–H and O–H groups in total. The SMILES string of the molecule is CSC1(C(N)=NO)CCN(C(=O)c2ccsc2)CC1. The molecule has 0 aromatic carbocycles. The van der Waals surface area contributed by atoms with Crippen LogP contribution in [-0.2, 0) is 0 Å². The lowest BCUT2D eigenvalue weighted by Crippen LogP contribution is -2.51. The third kappa shape index (κ3) is 2.71. The summed E-state index contributed by atoms with van der Waals surface area (Å²) in [7, 11) is 0. The fourth-order valence-electron chi connectivity index (χ4n) is 2.30. The number of oxime groups is 1. The Balaban J connectivity index is 2.04. The Morgan fingerprint density at radius 3 is 2.74 bits per heavy atom. The number of hydrogen-bond acceptors (Lipinski definition) is 5. The molecule has 1 aliphatic heterocycles. The van der Waals surface area contributed by atoms with E-state index >= 15 is 0 Å². The van der Waals surface area contributed by atoms with Gasteiger partial charge in [0.2, 0.25) is 0 Å². The zero-order chi connectivity index (χ0) is 13.9. The molecule has 0 unspecified atom stereocenters. The molecule has 19 heavy (non-hydrogen) atoms. The van der Waals surface area contributed by atoms with Gasteiger partial charge in [0.05, 0.1) is 10.3 Å². The smallest absolute Gasteiger partial charge is 0.254 e. The van der Waals surface area contributed by atoms with Gasteiger partial charge < -0.3 is 15.8 Å². The van der Waals surface area contributed by atoms with Crippen molar-refractivity contribution in [1.29, 1.82) is 0 Å². The van der Waals surface area contributed by atoms with Gasteiger partial charge in [-0.2, -0.15) is 23.1 Å². The van der Waals surface area contributed by atoms with Crippen molar-refractivity contribution in [2.45, 2.75) is 17.6 Å². The van der Waals surface area contributed by atoms with Crippen molar-refractivity contribution in [3.63, 3.8) is 0 Å². The van der Waals surface area contributed by atoms with Gasteiger partial charge in [-0.05, 0) is 30.5 Å². The first-order valence-electron chi connectivity index (χ1n) is 5.97. The number of amides is 1. The second-order valence-electron chi connectivity index (χ2n) is 4.49. The Bertz CT molecular complexity index is 465. The highest BCUT2D eigenvalue weighted by Gasteiger charge is 2.39. The molecule has 5 nitrogen and oxygen atoms in total. The highest BCUT2D eigenvalue weighted by molar-refractivity contribution is 8.00. The van der Waals surface area contributed by atoms with E-state index in [0.717, 1.165) is 5.56 Å². The molecule has 0 saturated carbocycles. The summed E-state index contributed by atoms with van der Waals surface area (Å²) in [5.41, 5.74) is 6.53. The number of thiophene rings is 1. The summed E-state index contributed by atoms with van der Waals surface area (Å²) in [6, 6.07) is 1.84. The third-order valence-electron chi connectivity index (χ3n) is 3.59. The number of hydrogen-bond donors (Lipinski definition) is 2. The topological polar surface area (TPSA) is 78.9 Å². The number of nitrogens with zero attached hydrogens (tertiary/aromatic N) is 2. The fourth-order valence-corrected chi connectivity index (χ4v) is 3.77. The molecule has 1 aromatic rings. The van der Waals surface area contributed by atoms with Crippen LogP contribution in [0.2, 0.25) is 0 Å². The molecule has 1 aliphatic rings. The van der Waals surface area contributed by atoms with Crippen LogP contribution in [-0.4, -0.2) is 45.9 Å². The number of nitrogens with two attached hydrogens (primary N) is 1. The van der Waals surface area contributed by atoms with Crippen LogP contribution in [0.15, 0.2) is 22.0 Å². The first-order valence-corrected chi connectivity index (χ1v) is 8.14. The number of thioether (sulfide) groups is 1. The van der Waals surface area contributed by atoms with E-state index in [9.17, 15) is 4.79 Å². The number of piperidine rings is 1. The van der Waals surface area contributed by atoms with Gasteiger partial charge in [-0.25, -0.2) is 0 Å². The van der Waals surface area contributed by atoms with Gasteiger partial charge in [-0.3, -0.25) is 4.79 Å². The highest BCUT2D eigenvalue weighted by atomic mass is 32.2. The fraction of sp³-hybridized carbons (Fsp3) is 0.500. The number of carbonyl (C=O) groups excluding carboxylic acids is 1. The molecule has 0 bridgehead atoms. The van der Waals surface area contributed by atoms with E-state index in [1.165, 1.54) is 11.3 Å². The van der Waals surface area contributed by atoms with Crippen LogP contribution in [0.5, 0.6) is 0 Å². The number of amidine groups is 1. The van der Waals surface area contributed by atoms with E-state index in [4.69, 9.17) is 10.9 Å². The van der Waals surface area contributed by atoms with Crippen molar-refractivity contribution >= 4 is 34.8 Å². The Labute approximate surface area is 120 Å². The second kappa shape index (κ2) is 5.83. The van der Waals surface area contributed by atoms with Gasteiger partial charge in [0.25, 0.3) is 5.91 Å². The molecule has 0 radical (unpaired) electrons. The van der Waals surface area contributed by atoms with Crippen LogP contribution < -0.4 is 5.73 Å². The van der Waals surface area contributed by atoms with Crippen molar-refractivity contribution in [3.8, 4) is 0 Å². The van der Waals surface area contributed by atoms with Gasteiger partial charge in [0, 0.05) is 18.5 Å². The average Bonchev–Trinajstić information content (AvgIpc) is 3.00. The van der Waals surface area contributed by atoms with Crippen LogP contribution in [0, 0.1) is 0 Å². The monoisotopic (exact) mass is 299 g/mol. The van der Waals surface area contributed by atoms with Crippen LogP contribution >= 0.6 is 23.1 Å². The summed E-state index contributed by atoms with van der Waals surface area (Å²) in [4.78, 5) is 14.0. The molecular formula is C12H17N3O2S2. The Morgan fingerprint density at radius 2 is 2.26 bits per heavy atom. The Hall–Kier alpha value is -1.21. The normalized spacial score (nSPS) is 19.4. The zero-order valence-electron chi connectivity index (χ0n) is 10.7. The number of likely N-dealkylation sites (tertiary alicyclic amines) is 1. The second-order valence-corrected chi connectivity index (χ2v) is 6.46. The molecule has 1 fully saturated rings. The van der Waals surface area contributed by atoms with E-state index in [2.05, 4.69) is 5.16 Å². The minimum atomic E-state index is -0.347. The maximum absolute atomic E-state index is 12.2. The quantitative estimate of drug-likeness (QED) is 0.386. The third-order valence-corrected chi connectivity index (χ3v) is 5.67. The van der Waals surface area contributed by atoms with Gasteiger partial charge in [0.1, 0.15) is 0 Å². The molecule has 0 atom stereocenters. The lowest BCUT2D eigenvalue weighted by Gasteiger charge is -2.39. The predicted molar refractivity (Wildman–Crippen MR) is 79.1 cm³/mol. The molecule has 104 valence electrons. The van der Waals surface area contributed by atoms with Crippen molar-refractivity contribution in [3.05, 3.63) is 22.4 Å². The lowest BCUT2D eigenvalue weighted by molar-refractivity contribution is 0.0718. The van der Waals surface area contributed by atoms with Crippen molar-refractivity contribution in [2.75, 3.05) is 19.3 Å². The van der Waals surface area contributed by atoms with Crippen molar-refractivity contribution in [2.24, 2.45) is 10.9 Å². The van der Waals surface area contributed by atoms with Gasteiger partial charge in [-0.1, -0.05) is 5.16 Å². The molecule has 1 saturated heterocycles. The Kier molecular flexibility index (Phi) is 4.36. The van der Waals surface area contributed by atoms with Crippen LogP contribution in [0.25, 0.3) is 0 Å². The molecular weight excluding hydrogens is 282 g/mol. The van der Waals surface area contributed by atoms with Crippen LogP contribution in [0.3, 0.4) is 0 Å². The summed E-state index contributed by atoms with van der Waals surface area (Å²) in [5.74, 6) is 0.318. The molecule has 2 rings (SSSR count). The number of rotatable bonds is 3. The summed E-state index contributed by atoms with van der Waals surface area (Å²) in [5, 5.41) is 15.8. The van der Waals surface area contributed by atoms with E-state index < -0.39 is 0 Å². The van der Waals surface area contributed by atoms with E-state index in [1.54, 1.807) is 11.8 Å². The summed E-state index contributed by atoms with van der Waals surface area (Å²) in [6.45, 7) is 1.26. The highest BCUT2D eigenvalue weighted by Crippen LogP contribution is 2.35. The zero-order valence-corrected chi connectivity index (χ0v) is 12.3. The first-order chi connectivity index (χ1) is 9.13. The maximum Gasteiger partial charge on any atom is 0.254 e. The first kappa shape index (κ1) is 14.2. The molecule has 0 aliphatic carbocycles.